The minimum atomic E-state index is -5.55. The molecule has 0 spiro atoms. The molecule has 1 saturated heterocycles. The number of hydroxylamine groups is 1. The van der Waals surface area contributed by atoms with Crippen molar-refractivity contribution in [2.24, 2.45) is 0 Å². The highest BCUT2D eigenvalue weighted by Crippen LogP contribution is 2.56. The number of nitrogens with one attached hydrogen (secondary N) is 2. The van der Waals surface area contributed by atoms with E-state index in [1.807, 2.05) is 0 Å². The standard InChI is InChI=1S/C25H24F3N5O8S2/c1-13-22(14(2)40-31-13)43(38,39)33(41-24(35)25(26,27)28)19(23-29-17-5-3-4-6-18(17)30-23)11-15-7-9-16(10-8-15)20-12-21(34)32-42(20,36)37/h3-10,19-20,36-37H,11-12H2,1-2H3,(H,29,30)(H,32,34)/t19-,20?/m0/s1. The van der Waals surface area contributed by atoms with Gasteiger partial charge in [0.05, 0.1) is 17.5 Å². The molecule has 1 amide bonds. The molecule has 3 heterocycles. The average molecular weight is 644 g/mol. The number of sulfonamides is 1. The minimum Gasteiger partial charge on any atom is -0.360 e. The first-order valence-corrected chi connectivity index (χ1v) is 15.5. The lowest BCUT2D eigenvalue weighted by atomic mass is 10.0. The summed E-state index contributed by atoms with van der Waals surface area (Å²) in [7, 11) is -8.51. The van der Waals surface area contributed by atoms with Gasteiger partial charge in [-0.2, -0.15) is 13.2 Å². The molecule has 1 aliphatic rings. The smallest absolute Gasteiger partial charge is 0.360 e. The Morgan fingerprint density at radius 3 is 2.42 bits per heavy atom. The summed E-state index contributed by atoms with van der Waals surface area (Å²) in [6, 6.07) is 10.7. The van der Waals surface area contributed by atoms with Gasteiger partial charge >= 0.3 is 12.1 Å². The molecule has 230 valence electrons. The second-order valence-electron chi connectivity index (χ2n) is 9.70. The lowest BCUT2D eigenvalue weighted by Gasteiger charge is -2.33. The van der Waals surface area contributed by atoms with Gasteiger partial charge in [-0.3, -0.25) is 18.6 Å². The molecule has 1 fully saturated rings. The van der Waals surface area contributed by atoms with Gasteiger partial charge in [-0.25, -0.2) is 18.2 Å². The number of hydrogen-bond acceptors (Lipinski definition) is 10. The summed E-state index contributed by atoms with van der Waals surface area (Å²) in [5.41, 5.74) is 1.32. The topological polar surface area (TPSA) is 188 Å². The Labute approximate surface area is 243 Å². The van der Waals surface area contributed by atoms with Crippen molar-refractivity contribution >= 4 is 43.7 Å². The van der Waals surface area contributed by atoms with Crippen LogP contribution in [0.1, 0.15) is 46.1 Å². The third-order valence-electron chi connectivity index (χ3n) is 6.66. The number of hydrogen-bond donors (Lipinski definition) is 4. The summed E-state index contributed by atoms with van der Waals surface area (Å²) in [5, 5.41) is 2.63. The summed E-state index contributed by atoms with van der Waals surface area (Å²) in [4.78, 5) is 35.1. The number of aromatic amines is 1. The molecule has 0 aliphatic carbocycles. The summed E-state index contributed by atoms with van der Waals surface area (Å²) in [6.07, 6.45) is -6.10. The Balaban J connectivity index is 1.61. The van der Waals surface area contributed by atoms with Crippen LogP contribution in [0.15, 0.2) is 57.9 Å². The molecular weight excluding hydrogens is 619 g/mol. The second kappa shape index (κ2) is 10.9. The van der Waals surface area contributed by atoms with E-state index in [1.54, 1.807) is 24.3 Å². The van der Waals surface area contributed by atoms with Gasteiger partial charge in [-0.15, -0.1) is 10.8 Å². The normalized spacial score (nSPS) is 18.5. The molecule has 2 aromatic heterocycles. The molecule has 2 aromatic carbocycles. The van der Waals surface area contributed by atoms with Crippen LogP contribution in [0.25, 0.3) is 11.0 Å². The first-order valence-electron chi connectivity index (χ1n) is 12.5. The highest BCUT2D eigenvalue weighted by molar-refractivity contribution is 8.23. The zero-order chi connectivity index (χ0) is 31.3. The number of rotatable bonds is 8. The summed E-state index contributed by atoms with van der Waals surface area (Å²) >= 11 is 0. The Hall–Kier alpha value is -3.97. The third kappa shape index (κ3) is 5.96. The van der Waals surface area contributed by atoms with Crippen LogP contribution in [0.2, 0.25) is 0 Å². The quantitative estimate of drug-likeness (QED) is 0.201. The van der Waals surface area contributed by atoms with Gasteiger partial charge in [0.1, 0.15) is 22.8 Å². The fourth-order valence-electron chi connectivity index (χ4n) is 4.71. The van der Waals surface area contributed by atoms with E-state index in [-0.39, 0.29) is 34.6 Å². The molecule has 0 saturated carbocycles. The van der Waals surface area contributed by atoms with E-state index in [4.69, 9.17) is 4.52 Å². The fraction of sp³-hybridized carbons (Fsp3) is 0.280. The number of amides is 1. The molecule has 0 radical (unpaired) electrons. The van der Waals surface area contributed by atoms with Crippen molar-refractivity contribution in [2.75, 3.05) is 0 Å². The second-order valence-corrected chi connectivity index (χ2v) is 13.4. The maximum atomic E-state index is 13.9. The Morgan fingerprint density at radius 2 is 1.86 bits per heavy atom. The first-order chi connectivity index (χ1) is 20.1. The van der Waals surface area contributed by atoms with Crippen molar-refractivity contribution in [1.29, 1.82) is 0 Å². The molecule has 2 atom stereocenters. The number of aryl methyl sites for hydroxylation is 2. The monoisotopic (exact) mass is 643 g/mol. The molecule has 5 rings (SSSR count). The van der Waals surface area contributed by atoms with Crippen molar-refractivity contribution in [3.63, 3.8) is 0 Å². The van der Waals surface area contributed by atoms with Crippen LogP contribution in [-0.2, 0) is 30.9 Å². The zero-order valence-corrected chi connectivity index (χ0v) is 24.0. The Kier molecular flexibility index (Phi) is 7.76. The van der Waals surface area contributed by atoms with Crippen molar-refractivity contribution in [3.05, 3.63) is 76.9 Å². The third-order valence-corrected chi connectivity index (χ3v) is 10.3. The molecule has 43 heavy (non-hydrogen) atoms. The Bertz CT molecular complexity index is 1750. The van der Waals surface area contributed by atoms with Crippen LogP contribution >= 0.6 is 10.8 Å². The Morgan fingerprint density at radius 1 is 1.19 bits per heavy atom. The predicted octanol–water partition coefficient (Wildman–Crippen LogP) is 4.39. The van der Waals surface area contributed by atoms with Gasteiger partial charge in [0.25, 0.3) is 10.0 Å². The molecule has 4 aromatic rings. The van der Waals surface area contributed by atoms with E-state index in [9.17, 15) is 40.3 Å². The number of para-hydroxylation sites is 2. The maximum Gasteiger partial charge on any atom is 0.492 e. The number of benzene rings is 2. The van der Waals surface area contributed by atoms with Gasteiger partial charge in [0, 0.05) is 0 Å². The molecule has 0 bridgehead atoms. The van der Waals surface area contributed by atoms with Gasteiger partial charge in [-0.1, -0.05) is 41.6 Å². The van der Waals surface area contributed by atoms with E-state index in [0.717, 1.165) is 0 Å². The van der Waals surface area contributed by atoms with E-state index in [0.29, 0.717) is 22.2 Å². The summed E-state index contributed by atoms with van der Waals surface area (Å²) in [6.45, 7) is 2.49. The van der Waals surface area contributed by atoms with Gasteiger partial charge < -0.3 is 14.3 Å². The van der Waals surface area contributed by atoms with E-state index in [1.165, 1.54) is 38.1 Å². The van der Waals surface area contributed by atoms with E-state index >= 15 is 0 Å². The number of fused-ring (bicyclic) bond motifs is 1. The van der Waals surface area contributed by atoms with Gasteiger partial charge in [-0.05, 0) is 48.0 Å². The summed E-state index contributed by atoms with van der Waals surface area (Å²) < 4.78 is 95.5. The van der Waals surface area contributed by atoms with Crippen molar-refractivity contribution in [1.82, 2.24) is 24.3 Å². The van der Waals surface area contributed by atoms with Crippen LogP contribution in [0.5, 0.6) is 0 Å². The number of imidazole rings is 1. The van der Waals surface area contributed by atoms with Crippen LogP contribution < -0.4 is 4.72 Å². The van der Waals surface area contributed by atoms with Gasteiger partial charge in [0.2, 0.25) is 5.91 Å². The lowest BCUT2D eigenvalue weighted by molar-refractivity contribution is -0.227. The lowest BCUT2D eigenvalue weighted by Crippen LogP contribution is -2.42. The largest absolute Gasteiger partial charge is 0.492 e. The van der Waals surface area contributed by atoms with E-state index < -0.39 is 55.0 Å². The molecule has 1 unspecified atom stereocenters. The molecule has 13 nitrogen and oxygen atoms in total. The number of H-pyrrole nitrogens is 1. The van der Waals surface area contributed by atoms with E-state index in [2.05, 4.69) is 24.7 Å². The van der Waals surface area contributed by atoms with Crippen molar-refractivity contribution < 1.29 is 49.6 Å². The highest BCUT2D eigenvalue weighted by atomic mass is 32.3. The number of carbonyl (C=O) groups is 2. The molecular formula is C25H24F3N5O8S2. The number of alkyl halides is 3. The summed E-state index contributed by atoms with van der Waals surface area (Å²) in [5.74, 6) is -3.74. The zero-order valence-electron chi connectivity index (χ0n) is 22.3. The molecule has 18 heteroatoms. The number of nitrogens with zero attached hydrogens (tertiary/aromatic N) is 3. The average Bonchev–Trinajstić information content (AvgIpc) is 3.59. The van der Waals surface area contributed by atoms with Gasteiger partial charge in [0.15, 0.2) is 10.7 Å². The number of halogens is 3. The number of aromatic nitrogens is 3. The SMILES string of the molecule is Cc1noc(C)c1S(=O)(=O)N(OC(=O)C(F)(F)F)[C@@H](Cc1ccc(C2CC(=O)NS2(O)O)cc1)c1nc2ccccc2[nH]1. The van der Waals surface area contributed by atoms with Crippen molar-refractivity contribution in [3.8, 4) is 0 Å². The van der Waals surface area contributed by atoms with Crippen LogP contribution in [0.3, 0.4) is 0 Å². The predicted molar refractivity (Wildman–Crippen MR) is 144 cm³/mol. The van der Waals surface area contributed by atoms with Crippen molar-refractivity contribution in [2.45, 2.75) is 49.1 Å². The fourth-order valence-corrected chi connectivity index (χ4v) is 7.86. The highest BCUT2D eigenvalue weighted by Gasteiger charge is 2.48. The van der Waals surface area contributed by atoms with Crippen LogP contribution in [-0.4, -0.2) is 55.2 Å². The first kappa shape index (κ1) is 30.5. The van der Waals surface area contributed by atoms with Crippen LogP contribution in [0.4, 0.5) is 13.2 Å². The maximum absolute atomic E-state index is 13.9. The van der Waals surface area contributed by atoms with Crippen LogP contribution in [0, 0.1) is 13.8 Å². The molecule has 4 N–H and O–H groups in total. The molecule has 1 aliphatic heterocycles. The minimum absolute atomic E-state index is 0.0584. The number of carbonyl (C=O) groups excluding carboxylic acids is 2.